The molecule has 0 fully saturated rings. The second-order valence-electron chi connectivity index (χ2n) is 4.34. The molecule has 0 aliphatic heterocycles. The van der Waals surface area contributed by atoms with Gasteiger partial charge in [0.05, 0.1) is 11.9 Å². The van der Waals surface area contributed by atoms with Crippen LogP contribution in [-0.2, 0) is 0 Å². The van der Waals surface area contributed by atoms with Gasteiger partial charge < -0.3 is 15.6 Å². The third kappa shape index (κ3) is 2.52. The third-order valence-corrected chi connectivity index (χ3v) is 2.57. The Labute approximate surface area is 110 Å². The summed E-state index contributed by atoms with van der Waals surface area (Å²) in [5.41, 5.74) is 6.15. The predicted octanol–water partition coefficient (Wildman–Crippen LogP) is 1.97. The molecule has 0 spiro atoms. The summed E-state index contributed by atoms with van der Waals surface area (Å²) in [6, 6.07) is 6.21. The summed E-state index contributed by atoms with van der Waals surface area (Å²) in [5, 5.41) is 13.6. The van der Waals surface area contributed by atoms with Gasteiger partial charge in [0, 0.05) is 6.04 Å². The Morgan fingerprint density at radius 3 is 2.74 bits per heavy atom. The molecule has 6 heteroatoms. The molecule has 1 heterocycles. The van der Waals surface area contributed by atoms with Crippen molar-refractivity contribution in [1.29, 1.82) is 0 Å². The predicted molar refractivity (Wildman–Crippen MR) is 70.1 cm³/mol. The van der Waals surface area contributed by atoms with E-state index < -0.39 is 5.97 Å². The lowest BCUT2D eigenvalue weighted by molar-refractivity contribution is 0.0715. The van der Waals surface area contributed by atoms with Gasteiger partial charge in [-0.3, -0.25) is 4.68 Å². The number of nitrogens with two attached hydrogens (primary N) is 1. The highest BCUT2D eigenvalue weighted by Crippen LogP contribution is 2.26. The zero-order valence-corrected chi connectivity index (χ0v) is 10.7. The van der Waals surface area contributed by atoms with Crippen molar-refractivity contribution in [3.05, 3.63) is 36.2 Å². The largest absolute Gasteiger partial charge is 0.504 e. The standard InChI is InChI=1S/C13H15N3O3/c1-8(2)16-12(9(14)7-15-16)13(18)19-11-6-4-3-5-10(11)17/h3-8,17H,14H2,1-2H3. The van der Waals surface area contributed by atoms with E-state index >= 15 is 0 Å². The molecule has 100 valence electrons. The van der Waals surface area contributed by atoms with E-state index in [-0.39, 0.29) is 28.9 Å². The van der Waals surface area contributed by atoms with E-state index in [1.807, 2.05) is 13.8 Å². The molecule has 6 nitrogen and oxygen atoms in total. The number of phenolic OH excluding ortho intramolecular Hbond substituents is 1. The Morgan fingerprint density at radius 1 is 1.42 bits per heavy atom. The van der Waals surface area contributed by atoms with Gasteiger partial charge in [-0.15, -0.1) is 0 Å². The average molecular weight is 261 g/mol. The van der Waals surface area contributed by atoms with E-state index in [0.717, 1.165) is 0 Å². The van der Waals surface area contributed by atoms with Crippen molar-refractivity contribution in [2.24, 2.45) is 0 Å². The van der Waals surface area contributed by atoms with Gasteiger partial charge in [0.2, 0.25) is 0 Å². The van der Waals surface area contributed by atoms with Crippen molar-refractivity contribution < 1.29 is 14.6 Å². The number of nitrogens with zero attached hydrogens (tertiary/aromatic N) is 2. The smallest absolute Gasteiger partial charge is 0.364 e. The van der Waals surface area contributed by atoms with Crippen molar-refractivity contribution in [1.82, 2.24) is 9.78 Å². The highest BCUT2D eigenvalue weighted by atomic mass is 16.5. The first-order chi connectivity index (χ1) is 9.00. The number of para-hydroxylation sites is 2. The number of anilines is 1. The van der Waals surface area contributed by atoms with Crippen LogP contribution in [0.3, 0.4) is 0 Å². The van der Waals surface area contributed by atoms with Crippen LogP contribution in [0.5, 0.6) is 11.5 Å². The lowest BCUT2D eigenvalue weighted by Crippen LogP contribution is -2.18. The van der Waals surface area contributed by atoms with Gasteiger partial charge in [0.1, 0.15) is 0 Å². The Morgan fingerprint density at radius 2 is 2.11 bits per heavy atom. The Hall–Kier alpha value is -2.50. The highest BCUT2D eigenvalue weighted by Gasteiger charge is 2.21. The molecule has 0 saturated heterocycles. The lowest BCUT2D eigenvalue weighted by Gasteiger charge is -2.11. The average Bonchev–Trinajstić information content (AvgIpc) is 2.74. The minimum Gasteiger partial charge on any atom is -0.504 e. The van der Waals surface area contributed by atoms with E-state index in [1.54, 1.807) is 12.1 Å². The molecule has 0 unspecified atom stereocenters. The van der Waals surface area contributed by atoms with Crippen LogP contribution in [-0.4, -0.2) is 20.9 Å². The fourth-order valence-corrected chi connectivity index (χ4v) is 1.67. The van der Waals surface area contributed by atoms with Gasteiger partial charge in [-0.1, -0.05) is 12.1 Å². The van der Waals surface area contributed by atoms with Crippen LogP contribution in [0.15, 0.2) is 30.5 Å². The normalized spacial score (nSPS) is 10.7. The number of ether oxygens (including phenoxy) is 1. The lowest BCUT2D eigenvalue weighted by atomic mass is 10.3. The van der Waals surface area contributed by atoms with Crippen LogP contribution >= 0.6 is 0 Å². The molecule has 0 aliphatic carbocycles. The maximum absolute atomic E-state index is 12.1. The first-order valence-corrected chi connectivity index (χ1v) is 5.84. The van der Waals surface area contributed by atoms with Crippen LogP contribution in [0.25, 0.3) is 0 Å². The van der Waals surface area contributed by atoms with Crippen LogP contribution in [0, 0.1) is 0 Å². The van der Waals surface area contributed by atoms with Crippen LogP contribution in [0.2, 0.25) is 0 Å². The molecule has 19 heavy (non-hydrogen) atoms. The second kappa shape index (κ2) is 5.01. The van der Waals surface area contributed by atoms with Crippen molar-refractivity contribution in [2.75, 3.05) is 5.73 Å². The van der Waals surface area contributed by atoms with Crippen molar-refractivity contribution in [3.63, 3.8) is 0 Å². The number of carbonyl (C=O) groups is 1. The summed E-state index contributed by atoms with van der Waals surface area (Å²) < 4.78 is 6.62. The SMILES string of the molecule is CC(C)n1ncc(N)c1C(=O)Oc1ccccc1O. The summed E-state index contributed by atoms with van der Waals surface area (Å²) in [6.07, 6.45) is 1.40. The maximum atomic E-state index is 12.1. The van der Waals surface area contributed by atoms with Gasteiger partial charge in [-0.25, -0.2) is 4.79 Å². The fourth-order valence-electron chi connectivity index (χ4n) is 1.67. The quantitative estimate of drug-likeness (QED) is 0.651. The minimum absolute atomic E-state index is 0.0239. The molecule has 2 aromatic rings. The van der Waals surface area contributed by atoms with E-state index in [1.165, 1.54) is 23.0 Å². The summed E-state index contributed by atoms with van der Waals surface area (Å²) in [7, 11) is 0. The number of rotatable bonds is 3. The van der Waals surface area contributed by atoms with Crippen LogP contribution in [0.1, 0.15) is 30.4 Å². The third-order valence-electron chi connectivity index (χ3n) is 2.57. The highest BCUT2D eigenvalue weighted by molar-refractivity contribution is 5.94. The molecule has 0 saturated carbocycles. The molecule has 1 aromatic carbocycles. The number of benzene rings is 1. The van der Waals surface area contributed by atoms with E-state index in [2.05, 4.69) is 5.10 Å². The number of phenols is 1. The number of aromatic nitrogens is 2. The maximum Gasteiger partial charge on any atom is 0.364 e. The molecule has 3 N–H and O–H groups in total. The number of esters is 1. The molecule has 2 rings (SSSR count). The minimum atomic E-state index is -0.648. The molecular formula is C13H15N3O3. The van der Waals surface area contributed by atoms with E-state index in [9.17, 15) is 9.90 Å². The summed E-state index contributed by atoms with van der Waals surface area (Å²) >= 11 is 0. The molecule has 0 aliphatic rings. The summed E-state index contributed by atoms with van der Waals surface area (Å²) in [4.78, 5) is 12.1. The number of hydrogen-bond acceptors (Lipinski definition) is 5. The zero-order valence-electron chi connectivity index (χ0n) is 10.7. The van der Waals surface area contributed by atoms with Gasteiger partial charge >= 0.3 is 5.97 Å². The first-order valence-electron chi connectivity index (χ1n) is 5.84. The van der Waals surface area contributed by atoms with Gasteiger partial charge in [0.25, 0.3) is 0 Å². The molecular weight excluding hydrogens is 246 g/mol. The molecule has 0 amide bonds. The number of aromatic hydroxyl groups is 1. The molecule has 0 bridgehead atoms. The van der Waals surface area contributed by atoms with E-state index in [0.29, 0.717) is 0 Å². The number of hydrogen-bond donors (Lipinski definition) is 2. The summed E-state index contributed by atoms with van der Waals surface area (Å²) in [5.74, 6) is -0.668. The molecule has 1 aromatic heterocycles. The van der Waals surface area contributed by atoms with Gasteiger partial charge in [0.15, 0.2) is 17.2 Å². The van der Waals surface area contributed by atoms with E-state index in [4.69, 9.17) is 10.5 Å². The summed E-state index contributed by atoms with van der Waals surface area (Å²) in [6.45, 7) is 3.76. The Bertz CT molecular complexity index is 605. The molecule has 0 atom stereocenters. The topological polar surface area (TPSA) is 90.4 Å². The van der Waals surface area contributed by atoms with Crippen molar-refractivity contribution in [3.8, 4) is 11.5 Å². The van der Waals surface area contributed by atoms with Crippen LogP contribution in [0.4, 0.5) is 5.69 Å². The second-order valence-corrected chi connectivity index (χ2v) is 4.34. The number of carbonyl (C=O) groups excluding carboxylic acids is 1. The van der Waals surface area contributed by atoms with Gasteiger partial charge in [-0.05, 0) is 26.0 Å². The van der Waals surface area contributed by atoms with Crippen LogP contribution < -0.4 is 10.5 Å². The van der Waals surface area contributed by atoms with Gasteiger partial charge in [-0.2, -0.15) is 5.10 Å². The fraction of sp³-hybridized carbons (Fsp3) is 0.231. The monoisotopic (exact) mass is 261 g/mol. The van der Waals surface area contributed by atoms with Crippen molar-refractivity contribution >= 4 is 11.7 Å². The Kier molecular flexibility index (Phi) is 3.41. The van der Waals surface area contributed by atoms with Crippen molar-refractivity contribution in [2.45, 2.75) is 19.9 Å². The Balaban J connectivity index is 2.31. The molecule has 0 radical (unpaired) electrons. The first kappa shape index (κ1) is 12.9. The zero-order chi connectivity index (χ0) is 14.0. The number of nitrogen functional groups attached to an aromatic ring is 1.